The molecule has 0 N–H and O–H groups in total. The molecule has 6 heteroatoms. The maximum atomic E-state index is 5.74. The highest BCUT2D eigenvalue weighted by molar-refractivity contribution is 5.41. The van der Waals surface area contributed by atoms with E-state index in [0.717, 1.165) is 49.7 Å². The molecule has 1 aromatic heterocycles. The van der Waals surface area contributed by atoms with Gasteiger partial charge in [-0.15, -0.1) is 5.10 Å². The Kier molecular flexibility index (Phi) is 3.88. The molecule has 4 bridgehead atoms. The molecule has 2 heterocycles. The molecule has 0 radical (unpaired) electrons. The molecule has 5 fully saturated rings. The van der Waals surface area contributed by atoms with E-state index in [2.05, 4.69) is 51.2 Å². The minimum Gasteiger partial charge on any atom is -0.379 e. The van der Waals surface area contributed by atoms with Gasteiger partial charge in [-0.2, -0.15) is 4.68 Å². The summed E-state index contributed by atoms with van der Waals surface area (Å²) >= 11 is 0. The number of hydrogen-bond acceptors (Lipinski definition) is 5. The maximum absolute atomic E-state index is 5.74. The van der Waals surface area contributed by atoms with E-state index < -0.39 is 0 Å². The van der Waals surface area contributed by atoms with Crippen LogP contribution in [0.1, 0.15) is 43.5 Å². The van der Waals surface area contributed by atoms with Crippen LogP contribution in [0.25, 0.3) is 5.69 Å². The quantitative estimate of drug-likeness (QED) is 0.821. The molecule has 1 aliphatic heterocycles. The topological polar surface area (TPSA) is 56.1 Å². The number of para-hydroxylation sites is 1. The number of nitrogens with zero attached hydrogens (tertiary/aromatic N) is 5. The second kappa shape index (κ2) is 6.36. The van der Waals surface area contributed by atoms with Gasteiger partial charge in [0.15, 0.2) is 5.82 Å². The molecule has 4 aliphatic carbocycles. The fraction of sp³-hybridized carbons (Fsp3) is 0.682. The van der Waals surface area contributed by atoms with Crippen LogP contribution in [0.4, 0.5) is 0 Å². The van der Waals surface area contributed by atoms with Gasteiger partial charge >= 0.3 is 0 Å². The number of rotatable bonds is 3. The zero-order valence-electron chi connectivity index (χ0n) is 16.6. The van der Waals surface area contributed by atoms with E-state index >= 15 is 0 Å². The first kappa shape index (κ1) is 17.1. The summed E-state index contributed by atoms with van der Waals surface area (Å²) in [6, 6.07) is 8.48. The monoisotopic (exact) mass is 379 g/mol. The number of aryl methyl sites for hydroxylation is 1. The molecular weight excluding hydrogens is 350 g/mol. The van der Waals surface area contributed by atoms with Gasteiger partial charge in [0, 0.05) is 13.1 Å². The fourth-order valence-electron chi connectivity index (χ4n) is 7.26. The molecular formula is C22H29N5O. The second-order valence-corrected chi connectivity index (χ2v) is 9.43. The molecule has 28 heavy (non-hydrogen) atoms. The Morgan fingerprint density at radius 1 is 0.964 bits per heavy atom. The smallest absolute Gasteiger partial charge is 0.177 e. The van der Waals surface area contributed by atoms with Crippen molar-refractivity contribution in [2.24, 2.45) is 23.7 Å². The second-order valence-electron chi connectivity index (χ2n) is 9.43. The van der Waals surface area contributed by atoms with Gasteiger partial charge in [-0.05, 0) is 84.8 Å². The standard InChI is InChI=1S/C22H29N5O/c1-15-4-2-3-5-20(15)27-21(23-24-25-27)22(26-6-8-28-9-7-26)18-11-16-10-17(13-18)14-19(22)12-16/h2-5,16-19H,6-14H2,1H3. The summed E-state index contributed by atoms with van der Waals surface area (Å²) in [6.07, 6.45) is 6.81. The molecule has 1 saturated heterocycles. The van der Waals surface area contributed by atoms with Gasteiger partial charge in [0.25, 0.3) is 0 Å². The van der Waals surface area contributed by atoms with Crippen molar-refractivity contribution in [3.63, 3.8) is 0 Å². The first-order valence-electron chi connectivity index (χ1n) is 10.9. The summed E-state index contributed by atoms with van der Waals surface area (Å²) in [5.74, 6) is 4.24. The number of morpholine rings is 1. The first-order valence-corrected chi connectivity index (χ1v) is 10.9. The predicted octanol–water partition coefficient (Wildman–Crippen LogP) is 2.95. The van der Waals surface area contributed by atoms with Crippen molar-refractivity contribution in [2.45, 2.75) is 44.6 Å². The van der Waals surface area contributed by atoms with E-state index in [1.54, 1.807) is 0 Å². The van der Waals surface area contributed by atoms with E-state index in [1.165, 1.54) is 37.7 Å². The summed E-state index contributed by atoms with van der Waals surface area (Å²) < 4.78 is 7.80. The van der Waals surface area contributed by atoms with E-state index in [0.29, 0.717) is 11.8 Å². The van der Waals surface area contributed by atoms with Crippen molar-refractivity contribution in [1.29, 1.82) is 0 Å². The number of aromatic nitrogens is 4. The minimum atomic E-state index is -0.0387. The number of benzene rings is 1. The molecule has 148 valence electrons. The normalized spacial score (nSPS) is 37.5. The van der Waals surface area contributed by atoms with E-state index in [-0.39, 0.29) is 5.54 Å². The summed E-state index contributed by atoms with van der Waals surface area (Å²) in [4.78, 5) is 2.71. The predicted molar refractivity (Wildman–Crippen MR) is 105 cm³/mol. The van der Waals surface area contributed by atoms with Crippen LogP contribution in [-0.2, 0) is 10.3 Å². The number of tetrazole rings is 1. The maximum Gasteiger partial charge on any atom is 0.177 e. The van der Waals surface area contributed by atoms with Crippen molar-refractivity contribution in [2.75, 3.05) is 26.3 Å². The Morgan fingerprint density at radius 2 is 1.64 bits per heavy atom. The molecule has 1 aromatic carbocycles. The first-order chi connectivity index (χ1) is 13.8. The van der Waals surface area contributed by atoms with Crippen LogP contribution in [0.2, 0.25) is 0 Å². The summed E-state index contributed by atoms with van der Waals surface area (Å²) in [6.45, 7) is 5.77. The van der Waals surface area contributed by atoms with Gasteiger partial charge < -0.3 is 4.74 Å². The lowest BCUT2D eigenvalue weighted by Gasteiger charge is -2.64. The van der Waals surface area contributed by atoms with Crippen LogP contribution in [0.5, 0.6) is 0 Å². The van der Waals surface area contributed by atoms with Crippen molar-refractivity contribution < 1.29 is 4.74 Å². The lowest BCUT2D eigenvalue weighted by atomic mass is 9.47. The molecule has 6 nitrogen and oxygen atoms in total. The SMILES string of the molecule is Cc1ccccc1-n1nnnc1C1(N2CCOCC2)C2CC3CC(C2)CC1C3. The third-order valence-electron chi connectivity index (χ3n) is 8.09. The number of ether oxygens (including phenoxy) is 1. The number of hydrogen-bond donors (Lipinski definition) is 0. The average molecular weight is 380 g/mol. The molecule has 7 rings (SSSR count). The van der Waals surface area contributed by atoms with Crippen molar-refractivity contribution in [3.8, 4) is 5.69 Å². The average Bonchev–Trinajstić information content (AvgIpc) is 3.19. The van der Waals surface area contributed by atoms with E-state index in [9.17, 15) is 0 Å². The van der Waals surface area contributed by atoms with Crippen LogP contribution in [0.3, 0.4) is 0 Å². The van der Waals surface area contributed by atoms with Gasteiger partial charge in [0.2, 0.25) is 0 Å². The molecule has 0 atom stereocenters. The minimum absolute atomic E-state index is 0.0387. The summed E-state index contributed by atoms with van der Waals surface area (Å²) in [7, 11) is 0. The van der Waals surface area contributed by atoms with E-state index in [4.69, 9.17) is 9.84 Å². The van der Waals surface area contributed by atoms with Crippen LogP contribution in [0, 0.1) is 30.6 Å². The van der Waals surface area contributed by atoms with Crippen LogP contribution >= 0.6 is 0 Å². The Hall–Kier alpha value is -1.79. The third kappa shape index (κ3) is 2.31. The highest BCUT2D eigenvalue weighted by atomic mass is 16.5. The summed E-state index contributed by atoms with van der Waals surface area (Å²) in [5.41, 5.74) is 2.30. The molecule has 0 amide bonds. The van der Waals surface area contributed by atoms with Gasteiger partial charge in [-0.25, -0.2) is 0 Å². The Morgan fingerprint density at radius 3 is 2.32 bits per heavy atom. The molecule has 0 unspecified atom stereocenters. The molecule has 4 saturated carbocycles. The van der Waals surface area contributed by atoms with Crippen molar-refractivity contribution in [1.82, 2.24) is 25.1 Å². The van der Waals surface area contributed by atoms with Gasteiger partial charge in [0.1, 0.15) is 0 Å². The van der Waals surface area contributed by atoms with Crippen molar-refractivity contribution in [3.05, 3.63) is 35.7 Å². The van der Waals surface area contributed by atoms with Crippen LogP contribution in [0.15, 0.2) is 24.3 Å². The summed E-state index contributed by atoms with van der Waals surface area (Å²) in [5, 5.41) is 13.5. The fourth-order valence-corrected chi connectivity index (χ4v) is 7.26. The molecule has 2 aromatic rings. The van der Waals surface area contributed by atoms with Crippen molar-refractivity contribution >= 4 is 0 Å². The van der Waals surface area contributed by atoms with Crippen LogP contribution < -0.4 is 0 Å². The highest BCUT2D eigenvalue weighted by Crippen LogP contribution is 2.63. The largest absolute Gasteiger partial charge is 0.379 e. The third-order valence-corrected chi connectivity index (χ3v) is 8.09. The highest BCUT2D eigenvalue weighted by Gasteiger charge is 2.62. The van der Waals surface area contributed by atoms with Crippen LogP contribution in [-0.4, -0.2) is 51.4 Å². The van der Waals surface area contributed by atoms with E-state index in [1.807, 2.05) is 0 Å². The molecule has 0 spiro atoms. The van der Waals surface area contributed by atoms with Gasteiger partial charge in [0.05, 0.1) is 24.4 Å². The molecule has 5 aliphatic rings. The van der Waals surface area contributed by atoms with Gasteiger partial charge in [-0.1, -0.05) is 18.2 Å². The zero-order valence-corrected chi connectivity index (χ0v) is 16.6. The lowest BCUT2D eigenvalue weighted by Crippen LogP contribution is -2.66. The Labute approximate surface area is 166 Å². The Balaban J connectivity index is 1.54. The lowest BCUT2D eigenvalue weighted by molar-refractivity contribution is -0.166. The zero-order chi connectivity index (χ0) is 18.7. The van der Waals surface area contributed by atoms with Gasteiger partial charge in [-0.3, -0.25) is 4.90 Å². The Bertz CT molecular complexity index is 838.